The molecule has 2 aromatic rings. The molecule has 1 aliphatic heterocycles. The second-order valence-electron chi connectivity index (χ2n) is 7.81. The minimum atomic E-state index is 0.109. The number of likely N-dealkylation sites (tertiary alicyclic amines) is 1. The van der Waals surface area contributed by atoms with Crippen LogP contribution in [0.3, 0.4) is 0 Å². The van der Waals surface area contributed by atoms with Gasteiger partial charge in [0.05, 0.1) is 11.9 Å². The number of nitrogens with one attached hydrogen (secondary N) is 1. The molecule has 4 rings (SSSR count). The zero-order valence-electron chi connectivity index (χ0n) is 15.7. The van der Waals surface area contributed by atoms with Gasteiger partial charge >= 0.3 is 0 Å². The van der Waals surface area contributed by atoms with Crippen molar-refractivity contribution < 1.29 is 9.59 Å². The lowest BCUT2D eigenvalue weighted by atomic mass is 9.98. The second-order valence-corrected chi connectivity index (χ2v) is 7.81. The smallest absolute Gasteiger partial charge is 0.253 e. The van der Waals surface area contributed by atoms with Crippen LogP contribution in [0, 0.1) is 11.8 Å². The van der Waals surface area contributed by atoms with E-state index in [-0.39, 0.29) is 17.7 Å². The lowest BCUT2D eigenvalue weighted by Crippen LogP contribution is -2.37. The van der Waals surface area contributed by atoms with E-state index in [9.17, 15) is 9.59 Å². The van der Waals surface area contributed by atoms with Crippen molar-refractivity contribution in [2.75, 3.05) is 13.1 Å². The summed E-state index contributed by atoms with van der Waals surface area (Å²) in [7, 11) is 0. The van der Waals surface area contributed by atoms with E-state index in [0.29, 0.717) is 12.5 Å². The molecule has 1 aliphatic carbocycles. The van der Waals surface area contributed by atoms with Gasteiger partial charge < -0.3 is 10.2 Å². The standard InChI is InChI=1S/C21H26N4O2/c1-15-8-10-24(11-9-15)21(27)18-4-6-19(7-5-18)25-14-16(13-23-25)12-22-20(26)17-2-3-17/h4-7,13-15,17H,2-3,8-12H2,1H3,(H,22,26). The first-order chi connectivity index (χ1) is 13.1. The van der Waals surface area contributed by atoms with E-state index in [0.717, 1.165) is 55.6 Å². The molecule has 0 spiro atoms. The first kappa shape index (κ1) is 17.8. The van der Waals surface area contributed by atoms with Gasteiger partial charge in [0, 0.05) is 42.9 Å². The molecular weight excluding hydrogens is 340 g/mol. The maximum atomic E-state index is 12.6. The highest BCUT2D eigenvalue weighted by atomic mass is 16.2. The average molecular weight is 366 g/mol. The highest BCUT2D eigenvalue weighted by Crippen LogP contribution is 2.28. The molecular formula is C21H26N4O2. The SMILES string of the molecule is CC1CCN(C(=O)c2ccc(-n3cc(CNC(=O)C4CC4)cn3)cc2)CC1. The summed E-state index contributed by atoms with van der Waals surface area (Å²) in [5.74, 6) is 1.17. The van der Waals surface area contributed by atoms with Crippen molar-refractivity contribution in [2.45, 2.75) is 39.2 Å². The number of piperidine rings is 1. The Labute approximate surface area is 159 Å². The van der Waals surface area contributed by atoms with E-state index in [1.807, 2.05) is 35.4 Å². The van der Waals surface area contributed by atoms with E-state index in [1.165, 1.54) is 0 Å². The largest absolute Gasteiger partial charge is 0.352 e. The minimum Gasteiger partial charge on any atom is -0.352 e. The van der Waals surface area contributed by atoms with Gasteiger partial charge in [-0.2, -0.15) is 5.10 Å². The van der Waals surface area contributed by atoms with E-state index >= 15 is 0 Å². The lowest BCUT2D eigenvalue weighted by Gasteiger charge is -2.30. The second kappa shape index (κ2) is 7.55. The Kier molecular flexibility index (Phi) is 4.97. The maximum absolute atomic E-state index is 12.6. The van der Waals surface area contributed by atoms with Crippen LogP contribution in [-0.4, -0.2) is 39.6 Å². The Morgan fingerprint density at radius 3 is 2.48 bits per heavy atom. The third-order valence-corrected chi connectivity index (χ3v) is 5.50. The number of nitrogens with zero attached hydrogens (tertiary/aromatic N) is 3. The maximum Gasteiger partial charge on any atom is 0.253 e. The van der Waals surface area contributed by atoms with E-state index in [4.69, 9.17) is 0 Å². The fourth-order valence-electron chi connectivity index (χ4n) is 3.42. The summed E-state index contributed by atoms with van der Waals surface area (Å²) in [4.78, 5) is 26.3. The number of amides is 2. The minimum absolute atomic E-state index is 0.109. The summed E-state index contributed by atoms with van der Waals surface area (Å²) >= 11 is 0. The molecule has 1 N–H and O–H groups in total. The molecule has 1 saturated carbocycles. The number of aromatic nitrogens is 2. The fourth-order valence-corrected chi connectivity index (χ4v) is 3.42. The van der Waals surface area contributed by atoms with Crippen LogP contribution in [-0.2, 0) is 11.3 Å². The molecule has 2 fully saturated rings. The number of carbonyl (C=O) groups is 2. The van der Waals surface area contributed by atoms with Crippen molar-refractivity contribution >= 4 is 11.8 Å². The zero-order valence-corrected chi connectivity index (χ0v) is 15.7. The van der Waals surface area contributed by atoms with Crippen molar-refractivity contribution in [1.82, 2.24) is 20.0 Å². The van der Waals surface area contributed by atoms with Crippen LogP contribution in [0.25, 0.3) is 5.69 Å². The molecule has 2 aliphatic rings. The van der Waals surface area contributed by atoms with Crippen molar-refractivity contribution in [3.8, 4) is 5.69 Å². The summed E-state index contributed by atoms with van der Waals surface area (Å²) in [5.41, 5.74) is 2.59. The van der Waals surface area contributed by atoms with Gasteiger partial charge in [-0.25, -0.2) is 4.68 Å². The number of rotatable bonds is 5. The summed E-state index contributed by atoms with van der Waals surface area (Å²) in [6.07, 6.45) is 7.85. The number of carbonyl (C=O) groups excluding carboxylic acids is 2. The fraction of sp³-hybridized carbons (Fsp3) is 0.476. The Balaban J connectivity index is 1.37. The van der Waals surface area contributed by atoms with E-state index < -0.39 is 0 Å². The molecule has 6 heteroatoms. The molecule has 1 aromatic heterocycles. The molecule has 1 aromatic carbocycles. The normalized spacial score (nSPS) is 17.7. The lowest BCUT2D eigenvalue weighted by molar-refractivity contribution is -0.122. The van der Waals surface area contributed by atoms with Crippen molar-refractivity contribution in [3.63, 3.8) is 0 Å². The van der Waals surface area contributed by atoms with Gasteiger partial charge in [0.1, 0.15) is 0 Å². The molecule has 1 saturated heterocycles. The van der Waals surface area contributed by atoms with E-state index in [2.05, 4.69) is 17.3 Å². The van der Waals surface area contributed by atoms with Crippen LogP contribution in [0.4, 0.5) is 0 Å². The highest BCUT2D eigenvalue weighted by molar-refractivity contribution is 5.94. The van der Waals surface area contributed by atoms with Crippen LogP contribution < -0.4 is 5.32 Å². The molecule has 6 nitrogen and oxygen atoms in total. The molecule has 142 valence electrons. The van der Waals surface area contributed by atoms with Crippen LogP contribution in [0.5, 0.6) is 0 Å². The predicted molar refractivity (Wildman–Crippen MR) is 102 cm³/mol. The number of hydrogen-bond donors (Lipinski definition) is 1. The van der Waals surface area contributed by atoms with Gasteiger partial charge in [0.15, 0.2) is 0 Å². The number of hydrogen-bond acceptors (Lipinski definition) is 3. The predicted octanol–water partition coefficient (Wildman–Crippen LogP) is 2.77. The van der Waals surface area contributed by atoms with Gasteiger partial charge in [0.25, 0.3) is 5.91 Å². The molecule has 0 radical (unpaired) electrons. The first-order valence-corrected chi connectivity index (χ1v) is 9.81. The third-order valence-electron chi connectivity index (χ3n) is 5.50. The summed E-state index contributed by atoms with van der Waals surface area (Å²) in [5, 5.41) is 7.31. The topological polar surface area (TPSA) is 67.2 Å². The summed E-state index contributed by atoms with van der Waals surface area (Å²) in [6.45, 7) is 4.43. The monoisotopic (exact) mass is 366 g/mol. The van der Waals surface area contributed by atoms with Crippen LogP contribution >= 0.6 is 0 Å². The Morgan fingerprint density at radius 2 is 1.81 bits per heavy atom. The molecule has 0 bridgehead atoms. The third kappa shape index (κ3) is 4.21. The zero-order chi connectivity index (χ0) is 18.8. The van der Waals surface area contributed by atoms with Gasteiger partial charge in [-0.3, -0.25) is 9.59 Å². The summed E-state index contributed by atoms with van der Waals surface area (Å²) in [6, 6.07) is 7.57. The van der Waals surface area contributed by atoms with Crippen molar-refractivity contribution in [2.24, 2.45) is 11.8 Å². The molecule has 27 heavy (non-hydrogen) atoms. The van der Waals surface area contributed by atoms with E-state index in [1.54, 1.807) is 10.9 Å². The summed E-state index contributed by atoms with van der Waals surface area (Å²) < 4.78 is 1.77. The Hall–Kier alpha value is -2.63. The molecule has 2 amide bonds. The Bertz CT molecular complexity index is 815. The molecule has 0 atom stereocenters. The first-order valence-electron chi connectivity index (χ1n) is 9.81. The van der Waals surface area contributed by atoms with Crippen LogP contribution in [0.15, 0.2) is 36.7 Å². The van der Waals surface area contributed by atoms with Gasteiger partial charge in [-0.15, -0.1) is 0 Å². The van der Waals surface area contributed by atoms with Crippen LogP contribution in [0.1, 0.15) is 48.5 Å². The highest BCUT2D eigenvalue weighted by Gasteiger charge is 2.29. The number of benzene rings is 1. The van der Waals surface area contributed by atoms with Crippen molar-refractivity contribution in [1.29, 1.82) is 0 Å². The molecule has 0 unspecified atom stereocenters. The van der Waals surface area contributed by atoms with Gasteiger partial charge in [-0.05, 0) is 55.9 Å². The Morgan fingerprint density at radius 1 is 1.11 bits per heavy atom. The average Bonchev–Trinajstić information content (AvgIpc) is 3.44. The van der Waals surface area contributed by atoms with Crippen molar-refractivity contribution in [3.05, 3.63) is 47.8 Å². The van der Waals surface area contributed by atoms with Crippen LogP contribution in [0.2, 0.25) is 0 Å². The van der Waals surface area contributed by atoms with Gasteiger partial charge in [-0.1, -0.05) is 6.92 Å². The molecule has 2 heterocycles. The van der Waals surface area contributed by atoms with Gasteiger partial charge in [0.2, 0.25) is 5.91 Å². The quantitative estimate of drug-likeness (QED) is 0.885.